The van der Waals surface area contributed by atoms with Gasteiger partial charge in [0, 0.05) is 6.54 Å². The summed E-state index contributed by atoms with van der Waals surface area (Å²) in [6.07, 6.45) is 1.35. The molecule has 0 spiro atoms. The fourth-order valence-electron chi connectivity index (χ4n) is 2.63. The molecule has 1 aliphatic heterocycles. The van der Waals surface area contributed by atoms with Crippen LogP contribution in [0.15, 0.2) is 30.3 Å². The van der Waals surface area contributed by atoms with Crippen molar-refractivity contribution in [1.82, 2.24) is 4.90 Å². The summed E-state index contributed by atoms with van der Waals surface area (Å²) in [6, 6.07) is 11.9. The molecule has 0 saturated carbocycles. The zero-order valence-electron chi connectivity index (χ0n) is 12.0. The van der Waals surface area contributed by atoms with Crippen molar-refractivity contribution < 1.29 is 9.53 Å². The summed E-state index contributed by atoms with van der Waals surface area (Å²) in [5.41, 5.74) is 0.494. The maximum absolute atomic E-state index is 12.2. The van der Waals surface area contributed by atoms with Crippen molar-refractivity contribution in [2.45, 2.75) is 38.8 Å². The molecule has 1 amide bonds. The normalized spacial score (nSPS) is 21.1. The number of nitriles is 1. The van der Waals surface area contributed by atoms with Gasteiger partial charge in [0.15, 0.2) is 0 Å². The van der Waals surface area contributed by atoms with E-state index in [1.54, 1.807) is 4.90 Å². The second kappa shape index (κ2) is 5.96. The van der Waals surface area contributed by atoms with Crippen LogP contribution in [0.4, 0.5) is 4.79 Å². The lowest BCUT2D eigenvalue weighted by atomic mass is 9.80. The second-order valence-corrected chi connectivity index (χ2v) is 5.67. The Hall–Kier alpha value is -2.02. The quantitative estimate of drug-likeness (QED) is 0.829. The Balaban J connectivity index is 2.00. The van der Waals surface area contributed by atoms with Crippen LogP contribution in [0.3, 0.4) is 0 Å². The van der Waals surface area contributed by atoms with Gasteiger partial charge in [0.2, 0.25) is 0 Å². The minimum absolute atomic E-state index is 0.138. The molecule has 0 aliphatic carbocycles. The van der Waals surface area contributed by atoms with Crippen molar-refractivity contribution in [3.05, 3.63) is 35.9 Å². The van der Waals surface area contributed by atoms with E-state index < -0.39 is 5.54 Å². The van der Waals surface area contributed by atoms with Crippen LogP contribution in [0, 0.1) is 17.2 Å². The molecule has 1 atom stereocenters. The summed E-state index contributed by atoms with van der Waals surface area (Å²) in [4.78, 5) is 13.9. The molecule has 1 saturated heterocycles. The molecule has 1 aromatic rings. The number of hydrogen-bond acceptors (Lipinski definition) is 3. The van der Waals surface area contributed by atoms with Gasteiger partial charge in [-0.1, -0.05) is 30.3 Å². The Labute approximate surface area is 120 Å². The predicted octanol–water partition coefficient (Wildman–Crippen LogP) is 3.34. The summed E-state index contributed by atoms with van der Waals surface area (Å²) >= 11 is 0. The summed E-state index contributed by atoms with van der Waals surface area (Å²) in [6.45, 7) is 4.79. The van der Waals surface area contributed by atoms with Gasteiger partial charge in [-0.25, -0.2) is 4.79 Å². The van der Waals surface area contributed by atoms with E-state index in [0.717, 1.165) is 18.4 Å². The molecule has 1 aliphatic rings. The summed E-state index contributed by atoms with van der Waals surface area (Å²) in [7, 11) is 0. The highest BCUT2D eigenvalue weighted by molar-refractivity contribution is 5.69. The Morgan fingerprint density at radius 1 is 1.45 bits per heavy atom. The molecule has 0 radical (unpaired) electrons. The molecule has 1 fully saturated rings. The molecular weight excluding hydrogens is 252 g/mol. The number of ether oxygens (including phenoxy) is 1. The monoisotopic (exact) mass is 272 g/mol. The van der Waals surface area contributed by atoms with Crippen LogP contribution in [-0.2, 0) is 11.3 Å². The third-order valence-electron chi connectivity index (χ3n) is 4.00. The molecule has 106 valence electrons. The summed E-state index contributed by atoms with van der Waals surface area (Å²) in [5, 5.41) is 9.21. The molecule has 0 bridgehead atoms. The summed E-state index contributed by atoms with van der Waals surface area (Å²) in [5.74, 6) is -0.138. The van der Waals surface area contributed by atoms with Crippen molar-refractivity contribution in [2.24, 2.45) is 5.92 Å². The third kappa shape index (κ3) is 2.93. The number of piperidine rings is 1. The summed E-state index contributed by atoms with van der Waals surface area (Å²) < 4.78 is 5.37. The first-order valence-electron chi connectivity index (χ1n) is 6.93. The maximum atomic E-state index is 12.2. The number of carbonyl (C=O) groups excluding carboxylic acids is 1. The first kappa shape index (κ1) is 14.4. The lowest BCUT2D eigenvalue weighted by Gasteiger charge is -2.44. The van der Waals surface area contributed by atoms with E-state index in [1.165, 1.54) is 0 Å². The molecule has 4 nitrogen and oxygen atoms in total. The van der Waals surface area contributed by atoms with Crippen LogP contribution < -0.4 is 0 Å². The van der Waals surface area contributed by atoms with Gasteiger partial charge in [-0.3, -0.25) is 0 Å². The van der Waals surface area contributed by atoms with Crippen molar-refractivity contribution in [3.8, 4) is 6.07 Å². The smallest absolute Gasteiger partial charge is 0.410 e. The standard InChI is InChI=1S/C16H20N2O2/c1-16(2)14(11-17)9-6-10-18(16)15(19)20-12-13-7-4-3-5-8-13/h3-5,7-8,14H,6,9-10,12H2,1-2H3. The van der Waals surface area contributed by atoms with Gasteiger partial charge in [-0.2, -0.15) is 5.26 Å². The predicted molar refractivity (Wildman–Crippen MR) is 75.7 cm³/mol. The van der Waals surface area contributed by atoms with Crippen LogP contribution >= 0.6 is 0 Å². The van der Waals surface area contributed by atoms with E-state index in [2.05, 4.69) is 6.07 Å². The number of likely N-dealkylation sites (tertiary alicyclic amines) is 1. The van der Waals surface area contributed by atoms with E-state index in [1.807, 2.05) is 44.2 Å². The largest absolute Gasteiger partial charge is 0.445 e. The van der Waals surface area contributed by atoms with Crippen LogP contribution in [0.25, 0.3) is 0 Å². The van der Waals surface area contributed by atoms with Gasteiger partial charge < -0.3 is 9.64 Å². The minimum Gasteiger partial charge on any atom is -0.445 e. The minimum atomic E-state index is -0.471. The van der Waals surface area contributed by atoms with Gasteiger partial charge in [-0.05, 0) is 32.3 Å². The van der Waals surface area contributed by atoms with E-state index in [0.29, 0.717) is 6.54 Å². The van der Waals surface area contributed by atoms with Crippen LogP contribution in [-0.4, -0.2) is 23.1 Å². The van der Waals surface area contributed by atoms with Crippen molar-refractivity contribution >= 4 is 6.09 Å². The van der Waals surface area contributed by atoms with E-state index in [4.69, 9.17) is 4.74 Å². The van der Waals surface area contributed by atoms with Crippen LogP contribution in [0.2, 0.25) is 0 Å². The molecular formula is C16H20N2O2. The molecule has 0 aromatic heterocycles. The Bertz CT molecular complexity index is 505. The highest BCUT2D eigenvalue weighted by Crippen LogP contribution is 2.33. The van der Waals surface area contributed by atoms with Crippen molar-refractivity contribution in [2.75, 3.05) is 6.54 Å². The lowest BCUT2D eigenvalue weighted by Crippen LogP contribution is -2.55. The van der Waals surface area contributed by atoms with Gasteiger partial charge in [0.1, 0.15) is 6.61 Å². The fraction of sp³-hybridized carbons (Fsp3) is 0.500. The highest BCUT2D eigenvalue weighted by Gasteiger charge is 2.42. The van der Waals surface area contributed by atoms with Gasteiger partial charge in [-0.15, -0.1) is 0 Å². The van der Waals surface area contributed by atoms with Gasteiger partial charge >= 0.3 is 6.09 Å². The molecule has 1 heterocycles. The zero-order valence-corrected chi connectivity index (χ0v) is 12.0. The average molecular weight is 272 g/mol. The zero-order chi connectivity index (χ0) is 14.6. The van der Waals surface area contributed by atoms with Crippen LogP contribution in [0.5, 0.6) is 0 Å². The number of amides is 1. The number of carbonyl (C=O) groups is 1. The Morgan fingerprint density at radius 2 is 2.15 bits per heavy atom. The third-order valence-corrected chi connectivity index (χ3v) is 4.00. The second-order valence-electron chi connectivity index (χ2n) is 5.67. The van der Waals surface area contributed by atoms with Gasteiger partial charge in [0.05, 0.1) is 17.5 Å². The maximum Gasteiger partial charge on any atom is 0.410 e. The van der Waals surface area contributed by atoms with Crippen molar-refractivity contribution in [3.63, 3.8) is 0 Å². The van der Waals surface area contributed by atoms with Crippen LogP contribution in [0.1, 0.15) is 32.3 Å². The molecule has 1 aromatic carbocycles. The lowest BCUT2D eigenvalue weighted by molar-refractivity contribution is 0.0229. The Morgan fingerprint density at radius 3 is 2.80 bits per heavy atom. The first-order chi connectivity index (χ1) is 9.55. The number of rotatable bonds is 2. The fourth-order valence-corrected chi connectivity index (χ4v) is 2.63. The molecule has 2 rings (SSSR count). The topological polar surface area (TPSA) is 53.3 Å². The Kier molecular flexibility index (Phi) is 4.29. The highest BCUT2D eigenvalue weighted by atomic mass is 16.6. The van der Waals surface area contributed by atoms with E-state index in [-0.39, 0.29) is 18.6 Å². The molecule has 4 heteroatoms. The molecule has 20 heavy (non-hydrogen) atoms. The van der Waals surface area contributed by atoms with Crippen molar-refractivity contribution in [1.29, 1.82) is 5.26 Å². The van der Waals surface area contributed by atoms with Gasteiger partial charge in [0.25, 0.3) is 0 Å². The SMILES string of the molecule is CC1(C)C(C#N)CCCN1C(=O)OCc1ccccc1. The number of hydrogen-bond donors (Lipinski definition) is 0. The number of nitrogens with zero attached hydrogens (tertiary/aromatic N) is 2. The number of benzene rings is 1. The molecule has 1 unspecified atom stereocenters. The van der Waals surface area contributed by atoms with E-state index >= 15 is 0 Å². The van der Waals surface area contributed by atoms with E-state index in [9.17, 15) is 10.1 Å². The first-order valence-corrected chi connectivity index (χ1v) is 6.93. The molecule has 0 N–H and O–H groups in total. The average Bonchev–Trinajstić information content (AvgIpc) is 2.45.